The van der Waals surface area contributed by atoms with Gasteiger partial charge >= 0.3 is 0 Å². The first-order chi connectivity index (χ1) is 9.67. The molecule has 2 fully saturated rings. The van der Waals surface area contributed by atoms with E-state index in [0.29, 0.717) is 0 Å². The Kier molecular flexibility index (Phi) is 2.66. The number of rotatable bonds is 2. The van der Waals surface area contributed by atoms with Gasteiger partial charge in [0.25, 0.3) is 5.91 Å². The van der Waals surface area contributed by atoms with E-state index in [1.165, 1.54) is 0 Å². The van der Waals surface area contributed by atoms with E-state index in [0.717, 1.165) is 47.2 Å². The van der Waals surface area contributed by atoms with Gasteiger partial charge in [-0.2, -0.15) is 0 Å². The van der Waals surface area contributed by atoms with E-state index in [4.69, 9.17) is 0 Å². The maximum Gasteiger partial charge on any atom is 0.264 e. The summed E-state index contributed by atoms with van der Waals surface area (Å²) >= 11 is 1.55. The summed E-state index contributed by atoms with van der Waals surface area (Å²) < 4.78 is 1.15. The van der Waals surface area contributed by atoms with Crippen LogP contribution in [0.15, 0.2) is 30.3 Å². The fourth-order valence-electron chi connectivity index (χ4n) is 3.26. The molecule has 0 bridgehead atoms. The largest absolute Gasteiger partial charge is 0.388 e. The number of hydrogen-bond acceptors (Lipinski definition) is 3. The molecule has 1 N–H and O–H groups in total. The van der Waals surface area contributed by atoms with Crippen molar-refractivity contribution in [3.8, 4) is 0 Å². The summed E-state index contributed by atoms with van der Waals surface area (Å²) in [5.41, 5.74) is -0.594. The minimum atomic E-state index is -0.594. The zero-order valence-electron chi connectivity index (χ0n) is 11.2. The molecular formula is C16H17NO2S. The van der Waals surface area contributed by atoms with Gasteiger partial charge in [-0.25, -0.2) is 0 Å². The minimum absolute atomic E-state index is 0.0280. The molecule has 2 heterocycles. The highest BCUT2D eigenvalue weighted by Gasteiger charge is 2.52. The minimum Gasteiger partial charge on any atom is -0.388 e. The van der Waals surface area contributed by atoms with E-state index in [2.05, 4.69) is 0 Å². The quantitative estimate of drug-likeness (QED) is 0.922. The summed E-state index contributed by atoms with van der Waals surface area (Å²) in [6.07, 6.45) is 3.62. The molecule has 1 aliphatic carbocycles. The van der Waals surface area contributed by atoms with Crippen LogP contribution in [-0.2, 0) is 0 Å². The topological polar surface area (TPSA) is 40.5 Å². The smallest absolute Gasteiger partial charge is 0.264 e. The van der Waals surface area contributed by atoms with Crippen LogP contribution < -0.4 is 0 Å². The number of benzene rings is 1. The van der Waals surface area contributed by atoms with Gasteiger partial charge in [0.15, 0.2) is 0 Å². The van der Waals surface area contributed by atoms with Crippen molar-refractivity contribution in [2.45, 2.75) is 37.3 Å². The van der Waals surface area contributed by atoms with Crippen LogP contribution >= 0.6 is 11.3 Å². The third-order valence-electron chi connectivity index (χ3n) is 4.53. The summed E-state index contributed by atoms with van der Waals surface area (Å²) in [4.78, 5) is 15.4. The van der Waals surface area contributed by atoms with Crippen LogP contribution in [0.1, 0.15) is 35.4 Å². The number of aliphatic hydroxyl groups is 1. The van der Waals surface area contributed by atoms with Gasteiger partial charge in [0.1, 0.15) is 0 Å². The van der Waals surface area contributed by atoms with E-state index < -0.39 is 5.60 Å². The lowest BCUT2D eigenvalue weighted by Gasteiger charge is -2.28. The Labute approximate surface area is 121 Å². The number of carbonyl (C=O) groups is 1. The van der Waals surface area contributed by atoms with Gasteiger partial charge in [-0.15, -0.1) is 11.3 Å². The number of thiophene rings is 1. The third kappa shape index (κ3) is 1.86. The lowest BCUT2D eigenvalue weighted by atomic mass is 10.1. The molecule has 4 heteroatoms. The van der Waals surface area contributed by atoms with Crippen molar-refractivity contribution in [3.63, 3.8) is 0 Å². The molecule has 1 atom stereocenters. The van der Waals surface area contributed by atoms with Crippen LogP contribution in [0.2, 0.25) is 0 Å². The molecule has 1 aromatic carbocycles. The van der Waals surface area contributed by atoms with Gasteiger partial charge in [-0.1, -0.05) is 18.2 Å². The first-order valence-electron chi connectivity index (χ1n) is 7.19. The third-order valence-corrected chi connectivity index (χ3v) is 5.64. The van der Waals surface area contributed by atoms with Crippen molar-refractivity contribution in [1.82, 2.24) is 4.90 Å². The van der Waals surface area contributed by atoms with Gasteiger partial charge in [0.2, 0.25) is 0 Å². The molecule has 0 spiro atoms. The number of carbonyl (C=O) groups excluding carboxylic acids is 1. The average Bonchev–Trinajstić information content (AvgIpc) is 2.95. The second-order valence-electron chi connectivity index (χ2n) is 5.91. The highest BCUT2D eigenvalue weighted by Crippen LogP contribution is 2.45. The lowest BCUT2D eigenvalue weighted by Crippen LogP contribution is -2.43. The van der Waals surface area contributed by atoms with Crippen LogP contribution in [-0.4, -0.2) is 34.1 Å². The standard InChI is InChI=1S/C16H17NO2S/c18-15(13-10-11-4-1-2-5-12(11)20-13)17-9-3-6-14(17)16(19)7-8-16/h1-2,4-5,10,14,19H,3,6-9H2. The summed E-state index contributed by atoms with van der Waals surface area (Å²) in [7, 11) is 0. The monoisotopic (exact) mass is 287 g/mol. The fourth-order valence-corrected chi connectivity index (χ4v) is 4.28. The van der Waals surface area contributed by atoms with Crippen molar-refractivity contribution in [1.29, 1.82) is 0 Å². The Morgan fingerprint density at radius 2 is 2.15 bits per heavy atom. The second-order valence-corrected chi connectivity index (χ2v) is 6.99. The maximum absolute atomic E-state index is 12.7. The number of hydrogen-bond donors (Lipinski definition) is 1. The van der Waals surface area contributed by atoms with Gasteiger partial charge in [0.05, 0.1) is 16.5 Å². The van der Waals surface area contributed by atoms with E-state index in [9.17, 15) is 9.90 Å². The Morgan fingerprint density at radius 1 is 1.35 bits per heavy atom. The molecule has 1 saturated heterocycles. The Hall–Kier alpha value is -1.39. The molecule has 0 radical (unpaired) electrons. The molecule has 1 aliphatic heterocycles. The Morgan fingerprint density at radius 3 is 2.90 bits per heavy atom. The lowest BCUT2D eigenvalue weighted by molar-refractivity contribution is 0.0390. The molecule has 2 aromatic rings. The zero-order valence-corrected chi connectivity index (χ0v) is 12.0. The highest BCUT2D eigenvalue weighted by molar-refractivity contribution is 7.20. The van der Waals surface area contributed by atoms with Gasteiger partial charge in [-0.05, 0) is 43.2 Å². The summed E-state index contributed by atoms with van der Waals surface area (Å²) in [6, 6.07) is 10.1. The van der Waals surface area contributed by atoms with E-state index in [1.807, 2.05) is 35.2 Å². The number of nitrogens with zero attached hydrogens (tertiary/aromatic N) is 1. The number of amides is 1. The number of likely N-dealkylation sites (tertiary alicyclic amines) is 1. The zero-order chi connectivity index (χ0) is 13.7. The molecule has 2 aliphatic rings. The molecule has 1 amide bonds. The van der Waals surface area contributed by atoms with Crippen LogP contribution in [0.25, 0.3) is 10.1 Å². The summed E-state index contributed by atoms with van der Waals surface area (Å²) in [5, 5.41) is 11.5. The molecule has 104 valence electrons. The maximum atomic E-state index is 12.7. The van der Waals surface area contributed by atoms with Gasteiger partial charge in [0, 0.05) is 11.2 Å². The number of fused-ring (bicyclic) bond motifs is 1. The first-order valence-corrected chi connectivity index (χ1v) is 8.01. The molecule has 20 heavy (non-hydrogen) atoms. The van der Waals surface area contributed by atoms with Crippen LogP contribution in [0, 0.1) is 0 Å². The van der Waals surface area contributed by atoms with Crippen LogP contribution in [0.3, 0.4) is 0 Å². The second kappa shape index (κ2) is 4.30. The molecule has 4 rings (SSSR count). The molecular weight excluding hydrogens is 270 g/mol. The van der Waals surface area contributed by atoms with Crippen molar-refractivity contribution >= 4 is 27.3 Å². The summed E-state index contributed by atoms with van der Waals surface area (Å²) in [6.45, 7) is 0.778. The van der Waals surface area contributed by atoms with Crippen molar-refractivity contribution in [2.75, 3.05) is 6.54 Å². The van der Waals surface area contributed by atoms with Crippen molar-refractivity contribution < 1.29 is 9.90 Å². The molecule has 3 nitrogen and oxygen atoms in total. The van der Waals surface area contributed by atoms with Gasteiger partial charge in [-0.3, -0.25) is 4.79 Å². The normalized spacial score (nSPS) is 24.2. The fraction of sp³-hybridized carbons (Fsp3) is 0.438. The van der Waals surface area contributed by atoms with Crippen LogP contribution in [0.5, 0.6) is 0 Å². The Bertz CT molecular complexity index is 641. The average molecular weight is 287 g/mol. The van der Waals surface area contributed by atoms with E-state index >= 15 is 0 Å². The predicted octanol–water partition coefficient (Wildman–Crippen LogP) is 3.03. The highest BCUT2D eigenvalue weighted by atomic mass is 32.1. The van der Waals surface area contributed by atoms with Crippen LogP contribution in [0.4, 0.5) is 0 Å². The Balaban J connectivity index is 1.66. The molecule has 1 unspecified atom stereocenters. The molecule has 1 saturated carbocycles. The van der Waals surface area contributed by atoms with E-state index in [-0.39, 0.29) is 11.9 Å². The SMILES string of the molecule is O=C(c1cc2ccccc2s1)N1CCCC1C1(O)CC1. The first kappa shape index (κ1) is 12.4. The van der Waals surface area contributed by atoms with Crippen molar-refractivity contribution in [2.24, 2.45) is 0 Å². The van der Waals surface area contributed by atoms with Crippen molar-refractivity contribution in [3.05, 3.63) is 35.2 Å². The molecule has 1 aromatic heterocycles. The summed E-state index contributed by atoms with van der Waals surface area (Å²) in [5.74, 6) is 0.0917. The predicted molar refractivity (Wildman–Crippen MR) is 80.1 cm³/mol. The van der Waals surface area contributed by atoms with E-state index in [1.54, 1.807) is 11.3 Å². The van der Waals surface area contributed by atoms with Gasteiger partial charge < -0.3 is 10.0 Å².